The van der Waals surface area contributed by atoms with Gasteiger partial charge in [-0.1, -0.05) is 0 Å². The molecule has 3 heteroatoms. The van der Waals surface area contributed by atoms with Crippen LogP contribution in [0, 0.1) is 6.92 Å². The molecule has 0 N–H and O–H groups in total. The molecular weight excluding hydrogens is 210 g/mol. The Morgan fingerprint density at radius 1 is 1.40 bits per heavy atom. The molecule has 0 rings (SSSR count). The van der Waals surface area contributed by atoms with Crippen molar-refractivity contribution in [3.8, 4) is 0 Å². The second-order valence-electron chi connectivity index (χ2n) is 0.391. The molecule has 0 bridgehead atoms. The number of halogens is 2. The van der Waals surface area contributed by atoms with E-state index in [2.05, 4.69) is 6.92 Å². The summed E-state index contributed by atoms with van der Waals surface area (Å²) in [4.78, 5) is -0.472. The average molecular weight is 216 g/mol. The second-order valence-corrected chi connectivity index (χ2v) is 1.67. The summed E-state index contributed by atoms with van der Waals surface area (Å²) in [6.07, 6.45) is 0. The van der Waals surface area contributed by atoms with Gasteiger partial charge in [-0.05, 0) is 6.92 Å². The van der Waals surface area contributed by atoms with E-state index in [0.29, 0.717) is 0 Å². The Balaban J connectivity index is 0. The second kappa shape index (κ2) is 5.45. The standard InChI is InChI=1S/C2H3Cl2.In.3H/c1-2(3)4;;;;/h2H,1H2;;;;. The summed E-state index contributed by atoms with van der Waals surface area (Å²) in [6.45, 7) is 3.17. The van der Waals surface area contributed by atoms with Gasteiger partial charge in [-0.15, -0.1) is 23.2 Å². The first-order valence-electron chi connectivity index (χ1n) is 0.845. The third-order valence-corrected chi connectivity index (χ3v) is 0. The summed E-state index contributed by atoms with van der Waals surface area (Å²) >= 11 is 9.86. The maximum atomic E-state index is 4.93. The topological polar surface area (TPSA) is 0 Å². The van der Waals surface area contributed by atoms with E-state index in [9.17, 15) is 0 Å². The van der Waals surface area contributed by atoms with Crippen LogP contribution in [0.25, 0.3) is 0 Å². The summed E-state index contributed by atoms with van der Waals surface area (Å²) in [5.74, 6) is 0. The van der Waals surface area contributed by atoms with Crippen molar-refractivity contribution in [3.05, 3.63) is 6.92 Å². The molecule has 0 saturated carbocycles. The molecule has 0 saturated heterocycles. The van der Waals surface area contributed by atoms with Crippen molar-refractivity contribution < 1.29 is 0 Å². The molecule has 0 aliphatic rings. The molecule has 0 atom stereocenters. The molecule has 0 aromatic heterocycles. The summed E-state index contributed by atoms with van der Waals surface area (Å²) in [6, 6.07) is 0. The van der Waals surface area contributed by atoms with Crippen LogP contribution in [0.2, 0.25) is 0 Å². The van der Waals surface area contributed by atoms with Crippen molar-refractivity contribution in [3.63, 3.8) is 0 Å². The average Bonchev–Trinajstić information content (AvgIpc) is 0.811. The molecule has 0 aromatic rings. The number of alkyl halides is 2. The molecule has 1 radical (unpaired) electrons. The van der Waals surface area contributed by atoms with Crippen LogP contribution < -0.4 is 0 Å². The predicted molar refractivity (Wildman–Crippen MR) is 30.8 cm³/mol. The van der Waals surface area contributed by atoms with E-state index in [1.807, 2.05) is 0 Å². The van der Waals surface area contributed by atoms with Gasteiger partial charge in [-0.3, -0.25) is 0 Å². The third-order valence-electron chi connectivity index (χ3n) is 0. The van der Waals surface area contributed by atoms with Crippen LogP contribution in [-0.2, 0) is 0 Å². The van der Waals surface area contributed by atoms with E-state index in [-0.39, 0.29) is 25.8 Å². The molecule has 0 amide bonds. The molecule has 0 heterocycles. The van der Waals surface area contributed by atoms with Crippen LogP contribution in [0.15, 0.2) is 0 Å². The van der Waals surface area contributed by atoms with Gasteiger partial charge in [0.15, 0.2) is 0 Å². The van der Waals surface area contributed by atoms with Crippen molar-refractivity contribution in [1.82, 2.24) is 0 Å². The molecule has 0 unspecified atom stereocenters. The Morgan fingerprint density at radius 2 is 1.40 bits per heavy atom. The van der Waals surface area contributed by atoms with Crippen molar-refractivity contribution in [1.29, 1.82) is 0 Å². The summed E-state index contributed by atoms with van der Waals surface area (Å²) < 4.78 is 0. The Labute approximate surface area is 60.6 Å². The Hall–Kier alpha value is 1.45. The van der Waals surface area contributed by atoms with Gasteiger partial charge in [0.2, 0.25) is 0 Å². The fourth-order valence-electron chi connectivity index (χ4n) is 0. The van der Waals surface area contributed by atoms with E-state index in [4.69, 9.17) is 23.2 Å². The number of hydrogen-bond acceptors (Lipinski definition) is 0. The van der Waals surface area contributed by atoms with E-state index < -0.39 is 4.84 Å². The molecule has 31 valence electrons. The zero-order valence-electron chi connectivity index (χ0n) is 2.04. The van der Waals surface area contributed by atoms with E-state index in [1.165, 1.54) is 0 Å². The van der Waals surface area contributed by atoms with E-state index in [1.54, 1.807) is 0 Å². The molecule has 0 aliphatic carbocycles. The normalized spacial score (nSPS) is 7.20. The zero-order chi connectivity index (χ0) is 3.58. The first kappa shape index (κ1) is 9.67. The monoisotopic (exact) mass is 215 g/mol. The Bertz CT molecular complexity index is 12.4. The van der Waals surface area contributed by atoms with Gasteiger partial charge < -0.3 is 0 Å². The minimum atomic E-state index is -0.472. The molecule has 0 aromatic carbocycles. The van der Waals surface area contributed by atoms with Crippen LogP contribution >= 0.6 is 23.2 Å². The van der Waals surface area contributed by atoms with Crippen molar-refractivity contribution in [2.75, 3.05) is 0 Å². The van der Waals surface area contributed by atoms with Crippen molar-refractivity contribution in [2.45, 2.75) is 4.84 Å². The third kappa shape index (κ3) is 30.9. The molecule has 0 nitrogen and oxygen atoms in total. The molecule has 0 aliphatic heterocycles. The van der Waals surface area contributed by atoms with Crippen LogP contribution in [0.4, 0.5) is 0 Å². The molecular formula is C2H6Cl2In. The van der Waals surface area contributed by atoms with Crippen molar-refractivity contribution in [2.24, 2.45) is 0 Å². The summed E-state index contributed by atoms with van der Waals surface area (Å²) in [7, 11) is 0. The number of rotatable bonds is 0. The van der Waals surface area contributed by atoms with Crippen LogP contribution in [-0.4, -0.2) is 30.7 Å². The quantitative estimate of drug-likeness (QED) is 0.515. The fraction of sp³-hybridized carbons (Fsp3) is 0.500. The summed E-state index contributed by atoms with van der Waals surface area (Å²) in [5.41, 5.74) is 0. The van der Waals surface area contributed by atoms with Gasteiger partial charge in [0.1, 0.15) is 4.84 Å². The SMILES string of the molecule is [CH2]C(Cl)Cl.[InH3]. The first-order valence-corrected chi connectivity index (χ1v) is 1.72. The fourth-order valence-corrected chi connectivity index (χ4v) is 0. The maximum absolute atomic E-state index is 4.93. The first-order chi connectivity index (χ1) is 1.73. The molecule has 0 fully saturated rings. The molecule has 5 heavy (non-hydrogen) atoms. The zero-order valence-corrected chi connectivity index (χ0v) is 3.55. The van der Waals surface area contributed by atoms with Gasteiger partial charge in [0.05, 0.1) is 0 Å². The van der Waals surface area contributed by atoms with E-state index >= 15 is 0 Å². The van der Waals surface area contributed by atoms with Crippen LogP contribution in [0.5, 0.6) is 0 Å². The number of hydrogen-bond donors (Lipinski definition) is 0. The molecule has 0 spiro atoms. The van der Waals surface area contributed by atoms with Crippen LogP contribution in [0.3, 0.4) is 0 Å². The van der Waals surface area contributed by atoms with Gasteiger partial charge in [0.25, 0.3) is 0 Å². The van der Waals surface area contributed by atoms with Crippen molar-refractivity contribution >= 4 is 49.0 Å². The Kier molecular flexibility index (Phi) is 10.5. The van der Waals surface area contributed by atoms with Crippen LogP contribution in [0.1, 0.15) is 0 Å². The summed E-state index contributed by atoms with van der Waals surface area (Å²) in [5, 5.41) is 0. The van der Waals surface area contributed by atoms with Gasteiger partial charge >= 0.3 is 25.8 Å². The van der Waals surface area contributed by atoms with E-state index in [0.717, 1.165) is 0 Å². The Morgan fingerprint density at radius 3 is 1.40 bits per heavy atom. The minimum absolute atomic E-state index is 0. The predicted octanol–water partition coefficient (Wildman–Crippen LogP) is 0.440. The van der Waals surface area contributed by atoms with Gasteiger partial charge in [-0.2, -0.15) is 0 Å². The van der Waals surface area contributed by atoms with Gasteiger partial charge in [-0.25, -0.2) is 0 Å². The van der Waals surface area contributed by atoms with Gasteiger partial charge in [0, 0.05) is 0 Å².